The number of fused-ring (bicyclic) bond motifs is 1. The Kier molecular flexibility index (Phi) is 8.06. The summed E-state index contributed by atoms with van der Waals surface area (Å²) in [7, 11) is 0. The molecule has 0 radical (unpaired) electrons. The number of amides is 3. The highest BCUT2D eigenvalue weighted by Crippen LogP contribution is 2.63. The van der Waals surface area contributed by atoms with Crippen LogP contribution in [0, 0.1) is 17.3 Å². The zero-order chi connectivity index (χ0) is 29.7. The van der Waals surface area contributed by atoms with Gasteiger partial charge < -0.3 is 30.1 Å². The molecule has 9 nitrogen and oxygen atoms in total. The minimum absolute atomic E-state index is 0.0281. The van der Waals surface area contributed by atoms with Crippen LogP contribution < -0.4 is 15.4 Å². The molecule has 2 bridgehead atoms. The van der Waals surface area contributed by atoms with E-state index in [1.54, 1.807) is 24.3 Å². The van der Waals surface area contributed by atoms with Crippen molar-refractivity contribution in [2.45, 2.75) is 110 Å². The van der Waals surface area contributed by atoms with E-state index in [0.717, 1.165) is 6.42 Å². The summed E-state index contributed by atoms with van der Waals surface area (Å²) < 4.78 is 12.2. The predicted molar refractivity (Wildman–Crippen MR) is 153 cm³/mol. The molecule has 222 valence electrons. The lowest BCUT2D eigenvalue weighted by molar-refractivity contribution is -0.149. The van der Waals surface area contributed by atoms with Gasteiger partial charge in [-0.2, -0.15) is 0 Å². The van der Waals surface area contributed by atoms with Crippen molar-refractivity contribution in [3.8, 4) is 5.75 Å². The van der Waals surface area contributed by atoms with E-state index in [1.165, 1.54) is 4.90 Å². The molecule has 1 aromatic rings. The molecule has 3 saturated heterocycles. The molecule has 3 fully saturated rings. The van der Waals surface area contributed by atoms with Gasteiger partial charge in [-0.15, -0.1) is 0 Å². The van der Waals surface area contributed by atoms with Crippen molar-refractivity contribution in [3.05, 3.63) is 24.3 Å². The Morgan fingerprint density at radius 2 is 1.77 bits per heavy atom. The Morgan fingerprint density at radius 1 is 1.12 bits per heavy atom. The molecule has 40 heavy (non-hydrogen) atoms. The average Bonchev–Trinajstić information content (AvgIpc) is 3.40. The largest absolute Gasteiger partial charge is 0.494 e. The molecule has 0 aliphatic carbocycles. The zero-order valence-electron chi connectivity index (χ0n) is 25.3. The first kappa shape index (κ1) is 30.3. The summed E-state index contributed by atoms with van der Waals surface area (Å²) in [4.78, 5) is 43.7. The Hall–Kier alpha value is -2.65. The van der Waals surface area contributed by atoms with E-state index in [1.807, 2.05) is 34.6 Å². The van der Waals surface area contributed by atoms with E-state index in [-0.39, 0.29) is 29.7 Å². The summed E-state index contributed by atoms with van der Waals surface area (Å²) in [5.74, 6) is -1.80. The maximum absolute atomic E-state index is 14.2. The van der Waals surface area contributed by atoms with Crippen molar-refractivity contribution in [1.29, 1.82) is 0 Å². The predicted octanol–water partition coefficient (Wildman–Crippen LogP) is 3.89. The molecule has 0 aromatic heterocycles. The fraction of sp³-hybridized carbons (Fsp3) is 0.710. The van der Waals surface area contributed by atoms with Crippen LogP contribution in [-0.2, 0) is 19.1 Å². The summed E-state index contributed by atoms with van der Waals surface area (Å²) in [6, 6.07) is 5.61. The number of ether oxygens (including phenoxy) is 2. The third kappa shape index (κ3) is 5.34. The van der Waals surface area contributed by atoms with Gasteiger partial charge in [-0.25, -0.2) is 0 Å². The van der Waals surface area contributed by atoms with Gasteiger partial charge in [0.25, 0.3) is 0 Å². The van der Waals surface area contributed by atoms with Crippen molar-refractivity contribution in [2.24, 2.45) is 17.3 Å². The van der Waals surface area contributed by atoms with E-state index >= 15 is 0 Å². The van der Waals surface area contributed by atoms with Crippen molar-refractivity contribution in [1.82, 2.24) is 10.2 Å². The lowest BCUT2D eigenvalue weighted by Crippen LogP contribution is -2.61. The number of anilines is 1. The van der Waals surface area contributed by atoms with Gasteiger partial charge in [0.05, 0.1) is 36.7 Å². The van der Waals surface area contributed by atoms with Crippen molar-refractivity contribution in [2.75, 3.05) is 18.5 Å². The highest BCUT2D eigenvalue weighted by atomic mass is 16.5. The number of nitrogens with one attached hydrogen (secondary N) is 2. The normalized spacial score (nSPS) is 30.3. The highest BCUT2D eigenvalue weighted by molar-refractivity contribution is 6.02. The number of aliphatic hydroxyl groups is 1. The third-order valence-electron chi connectivity index (χ3n) is 8.69. The number of aliphatic hydroxyl groups excluding tert-OH is 1. The van der Waals surface area contributed by atoms with Gasteiger partial charge in [0.15, 0.2) is 0 Å². The topological polar surface area (TPSA) is 117 Å². The first-order chi connectivity index (χ1) is 18.6. The van der Waals surface area contributed by atoms with Crippen molar-refractivity contribution < 1.29 is 29.0 Å². The van der Waals surface area contributed by atoms with Gasteiger partial charge in [-0.3, -0.25) is 14.4 Å². The second-order valence-electron chi connectivity index (χ2n) is 13.8. The molecule has 3 N–H and O–H groups in total. The lowest BCUT2D eigenvalue weighted by atomic mass is 9.66. The SMILES string of the molecule is CCOc1ccc(NC(=O)[C@@H]2[C@H]3C(=O)N([C@@H](CC)CO)C(C(=O)NC(C)(C)CC(C)(C)C)C34CC[C@@]2(C)O4)cc1. The summed E-state index contributed by atoms with van der Waals surface area (Å²) in [5, 5.41) is 16.4. The number of benzene rings is 1. The van der Waals surface area contributed by atoms with Crippen LogP contribution in [0.2, 0.25) is 0 Å². The Morgan fingerprint density at radius 3 is 2.33 bits per heavy atom. The molecule has 9 heteroatoms. The Balaban J connectivity index is 1.68. The number of hydrogen-bond donors (Lipinski definition) is 3. The number of carbonyl (C=O) groups is 3. The van der Waals surface area contributed by atoms with Gasteiger partial charge in [0.1, 0.15) is 17.4 Å². The fourth-order valence-corrected chi connectivity index (χ4v) is 7.66. The molecule has 3 aliphatic heterocycles. The Labute approximate surface area is 238 Å². The lowest BCUT2D eigenvalue weighted by Gasteiger charge is -2.40. The highest BCUT2D eigenvalue weighted by Gasteiger charge is 2.78. The summed E-state index contributed by atoms with van der Waals surface area (Å²) in [5.41, 5.74) is -2.00. The van der Waals surface area contributed by atoms with E-state index in [2.05, 4.69) is 31.4 Å². The molecule has 1 spiro atoms. The summed E-state index contributed by atoms with van der Waals surface area (Å²) in [6.45, 7) is 16.3. The summed E-state index contributed by atoms with van der Waals surface area (Å²) >= 11 is 0. The van der Waals surface area contributed by atoms with Gasteiger partial charge in [0, 0.05) is 11.2 Å². The Bertz CT molecular complexity index is 1120. The third-order valence-corrected chi connectivity index (χ3v) is 8.69. The molecule has 3 amide bonds. The van der Waals surface area contributed by atoms with Crippen LogP contribution in [0.4, 0.5) is 5.69 Å². The molecule has 6 atom stereocenters. The molecule has 0 saturated carbocycles. The number of carbonyl (C=O) groups excluding carboxylic acids is 3. The van der Waals surface area contributed by atoms with E-state index in [4.69, 9.17) is 9.47 Å². The second kappa shape index (κ2) is 10.6. The van der Waals surface area contributed by atoms with Gasteiger partial charge in [-0.1, -0.05) is 27.7 Å². The van der Waals surface area contributed by atoms with Crippen LogP contribution in [0.3, 0.4) is 0 Å². The molecular formula is C31H47N3O6. The second-order valence-corrected chi connectivity index (χ2v) is 13.8. The maximum Gasteiger partial charge on any atom is 0.246 e. The number of rotatable bonds is 10. The smallest absolute Gasteiger partial charge is 0.246 e. The molecule has 3 heterocycles. The van der Waals surface area contributed by atoms with Crippen LogP contribution in [0.5, 0.6) is 5.75 Å². The fourth-order valence-electron chi connectivity index (χ4n) is 7.66. The molecular weight excluding hydrogens is 510 g/mol. The maximum atomic E-state index is 14.2. The monoisotopic (exact) mass is 557 g/mol. The van der Waals surface area contributed by atoms with Crippen LogP contribution >= 0.6 is 0 Å². The van der Waals surface area contributed by atoms with E-state index in [9.17, 15) is 19.5 Å². The van der Waals surface area contributed by atoms with E-state index < -0.39 is 40.7 Å². The zero-order valence-corrected chi connectivity index (χ0v) is 25.3. The van der Waals surface area contributed by atoms with E-state index in [0.29, 0.717) is 37.3 Å². The van der Waals surface area contributed by atoms with Crippen LogP contribution in [0.1, 0.15) is 81.1 Å². The summed E-state index contributed by atoms with van der Waals surface area (Å²) in [6.07, 6.45) is 2.24. The molecule has 2 unspecified atom stereocenters. The number of nitrogens with zero attached hydrogens (tertiary/aromatic N) is 1. The van der Waals surface area contributed by atoms with Crippen molar-refractivity contribution in [3.63, 3.8) is 0 Å². The van der Waals surface area contributed by atoms with Gasteiger partial charge in [0.2, 0.25) is 17.7 Å². The number of hydrogen-bond acceptors (Lipinski definition) is 6. The average molecular weight is 558 g/mol. The van der Waals surface area contributed by atoms with Crippen molar-refractivity contribution >= 4 is 23.4 Å². The quantitative estimate of drug-likeness (QED) is 0.402. The first-order valence-corrected chi connectivity index (χ1v) is 14.6. The first-order valence-electron chi connectivity index (χ1n) is 14.6. The minimum atomic E-state index is -1.14. The minimum Gasteiger partial charge on any atom is -0.494 e. The molecule has 1 aromatic carbocycles. The van der Waals surface area contributed by atoms with Gasteiger partial charge in [-0.05, 0) is 83.1 Å². The number of likely N-dealkylation sites (tertiary alicyclic amines) is 1. The van der Waals surface area contributed by atoms with Gasteiger partial charge >= 0.3 is 0 Å². The van der Waals surface area contributed by atoms with Crippen LogP contribution in [0.15, 0.2) is 24.3 Å². The van der Waals surface area contributed by atoms with Crippen LogP contribution in [-0.4, -0.2) is 69.8 Å². The van der Waals surface area contributed by atoms with Crippen LogP contribution in [0.25, 0.3) is 0 Å². The molecule has 3 aliphatic rings. The molecule has 4 rings (SSSR count). The standard InChI is InChI=1S/C31H47N3O6/c1-9-20(17-35)34-24(26(37)33-29(6,7)18-28(3,4)5)31-16-15-30(8,40-31)22(23(31)27(34)38)25(36)32-19-11-13-21(14-12-19)39-10-2/h11-14,20,22-24,35H,9-10,15-18H2,1-8H3,(H,32,36)(H,33,37)/t20-,22-,23-,24?,30+,31?/m0/s1.